The van der Waals surface area contributed by atoms with Gasteiger partial charge in [-0.15, -0.1) is 0 Å². The van der Waals surface area contributed by atoms with E-state index in [4.69, 9.17) is 25.8 Å². The summed E-state index contributed by atoms with van der Waals surface area (Å²) in [6.07, 6.45) is -6.38. The number of rotatable bonds is 9. The van der Waals surface area contributed by atoms with Crippen molar-refractivity contribution in [2.75, 3.05) is 21.3 Å². The molecule has 14 heteroatoms. The molecule has 0 radical (unpaired) electrons. The van der Waals surface area contributed by atoms with E-state index in [1.807, 2.05) is 0 Å². The highest BCUT2D eigenvalue weighted by molar-refractivity contribution is 6.32. The number of hydrogen-bond acceptors (Lipinski definition) is 7. The second kappa shape index (κ2) is 11.8. The number of alkyl halides is 4. The SMILES string of the molecule is COC(=O)c1c(-c2ccc(OC)c(Cn3nc(C(F)F)c(Cl)c3C(F)F)c2)nn(-c2ccccc2)c1C(=O)OC. The molecule has 0 aliphatic carbocycles. The third-order valence-corrected chi connectivity index (χ3v) is 6.29. The van der Waals surface area contributed by atoms with E-state index >= 15 is 0 Å². The van der Waals surface area contributed by atoms with Gasteiger partial charge < -0.3 is 14.2 Å². The Morgan fingerprint density at radius 3 is 2.17 bits per heavy atom. The van der Waals surface area contributed by atoms with Gasteiger partial charge >= 0.3 is 11.9 Å². The van der Waals surface area contributed by atoms with Crippen molar-refractivity contribution >= 4 is 23.5 Å². The van der Waals surface area contributed by atoms with Crippen LogP contribution in [0.4, 0.5) is 17.6 Å². The fraction of sp³-hybridized carbons (Fsp3) is 0.231. The van der Waals surface area contributed by atoms with E-state index in [1.54, 1.807) is 30.3 Å². The lowest BCUT2D eigenvalue weighted by atomic mass is 10.0. The third-order valence-electron chi connectivity index (χ3n) is 5.90. The molecule has 0 unspecified atom stereocenters. The molecule has 2 aromatic carbocycles. The van der Waals surface area contributed by atoms with Crippen LogP contribution in [0.3, 0.4) is 0 Å². The van der Waals surface area contributed by atoms with Gasteiger partial charge in [0.25, 0.3) is 12.9 Å². The Labute approximate surface area is 229 Å². The average molecular weight is 581 g/mol. The number of nitrogens with zero attached hydrogens (tertiary/aromatic N) is 4. The number of carbonyl (C=O) groups is 2. The molecular weight excluding hydrogens is 560 g/mol. The molecule has 0 amide bonds. The van der Waals surface area contributed by atoms with Gasteiger partial charge in [0.15, 0.2) is 5.69 Å². The van der Waals surface area contributed by atoms with Crippen molar-refractivity contribution in [2.24, 2.45) is 0 Å². The number of benzene rings is 2. The van der Waals surface area contributed by atoms with E-state index in [1.165, 1.54) is 30.0 Å². The summed E-state index contributed by atoms with van der Waals surface area (Å²) in [5, 5.41) is 7.25. The van der Waals surface area contributed by atoms with Crippen LogP contribution in [-0.4, -0.2) is 52.8 Å². The maximum absolute atomic E-state index is 13.8. The van der Waals surface area contributed by atoms with Crippen LogP contribution in [0.2, 0.25) is 5.02 Å². The molecule has 4 rings (SSSR count). The van der Waals surface area contributed by atoms with E-state index in [0.717, 1.165) is 14.2 Å². The highest BCUT2D eigenvalue weighted by atomic mass is 35.5. The highest BCUT2D eigenvalue weighted by Gasteiger charge is 2.32. The van der Waals surface area contributed by atoms with Crippen molar-refractivity contribution < 1.29 is 41.4 Å². The second-order valence-electron chi connectivity index (χ2n) is 8.17. The normalized spacial score (nSPS) is 11.2. The van der Waals surface area contributed by atoms with Gasteiger partial charge in [-0.05, 0) is 30.3 Å². The summed E-state index contributed by atoms with van der Waals surface area (Å²) in [4.78, 5) is 25.8. The maximum atomic E-state index is 13.8. The van der Waals surface area contributed by atoms with Crippen LogP contribution in [0.15, 0.2) is 48.5 Å². The van der Waals surface area contributed by atoms with Crippen LogP contribution >= 0.6 is 11.6 Å². The number of esters is 2. The molecular formula is C26H21ClF4N4O5. The number of methoxy groups -OCH3 is 3. The van der Waals surface area contributed by atoms with Crippen LogP contribution in [0.5, 0.6) is 5.75 Å². The molecule has 0 aliphatic rings. The largest absolute Gasteiger partial charge is 0.496 e. The van der Waals surface area contributed by atoms with Crippen LogP contribution < -0.4 is 4.74 Å². The van der Waals surface area contributed by atoms with E-state index in [2.05, 4.69) is 10.2 Å². The van der Waals surface area contributed by atoms with Gasteiger partial charge in [0.1, 0.15) is 28.4 Å². The Kier molecular flexibility index (Phi) is 8.43. The van der Waals surface area contributed by atoms with E-state index < -0.39 is 47.7 Å². The minimum absolute atomic E-state index is 0.000793. The lowest BCUT2D eigenvalue weighted by molar-refractivity contribution is 0.0549. The second-order valence-corrected chi connectivity index (χ2v) is 8.55. The number of hydrogen-bond donors (Lipinski definition) is 0. The van der Waals surface area contributed by atoms with Crippen LogP contribution in [-0.2, 0) is 16.0 Å². The zero-order chi connectivity index (χ0) is 29.1. The standard InChI is InChI=1S/C26H21ClF4N4O5/c1-38-16-10-9-13(11-14(16)12-34-22(24(30)31)18(27)20(32-34)23(28)29)19-17(25(36)39-2)21(26(37)40-3)35(33-19)15-7-5-4-6-8-15/h4-11,23-24H,12H2,1-3H3. The van der Waals surface area contributed by atoms with E-state index in [-0.39, 0.29) is 33.8 Å². The summed E-state index contributed by atoms with van der Waals surface area (Å²) in [7, 11) is 3.59. The van der Waals surface area contributed by atoms with Crippen molar-refractivity contribution in [3.05, 3.63) is 81.8 Å². The number of carbonyl (C=O) groups excluding carboxylic acids is 2. The van der Waals surface area contributed by atoms with Crippen LogP contribution in [0.1, 0.15) is 50.6 Å². The fourth-order valence-electron chi connectivity index (χ4n) is 4.11. The summed E-state index contributed by atoms with van der Waals surface area (Å²) >= 11 is 5.80. The minimum atomic E-state index is -3.20. The lowest BCUT2D eigenvalue weighted by Crippen LogP contribution is -2.15. The molecule has 210 valence electrons. The van der Waals surface area contributed by atoms with Gasteiger partial charge in [-0.25, -0.2) is 31.8 Å². The number of aromatic nitrogens is 4. The van der Waals surface area contributed by atoms with Crippen molar-refractivity contribution in [3.8, 4) is 22.7 Å². The molecule has 0 atom stereocenters. The quantitative estimate of drug-likeness (QED) is 0.180. The van der Waals surface area contributed by atoms with Crippen LogP contribution in [0.25, 0.3) is 16.9 Å². The number of ether oxygens (including phenoxy) is 3. The first-order valence-electron chi connectivity index (χ1n) is 11.5. The molecule has 0 saturated heterocycles. The molecule has 9 nitrogen and oxygen atoms in total. The average Bonchev–Trinajstić information content (AvgIpc) is 3.51. The first-order valence-corrected chi connectivity index (χ1v) is 11.8. The molecule has 0 spiro atoms. The molecule has 2 aromatic heterocycles. The zero-order valence-electron chi connectivity index (χ0n) is 21.2. The summed E-state index contributed by atoms with van der Waals surface area (Å²) in [6, 6.07) is 12.9. The summed E-state index contributed by atoms with van der Waals surface area (Å²) in [5.41, 5.74) is -1.40. The van der Waals surface area contributed by atoms with Crippen LogP contribution in [0, 0.1) is 0 Å². The number of para-hydroxylation sites is 1. The van der Waals surface area contributed by atoms with Gasteiger partial charge in [0.2, 0.25) is 0 Å². The zero-order valence-corrected chi connectivity index (χ0v) is 22.0. The topological polar surface area (TPSA) is 97.5 Å². The van der Waals surface area contributed by atoms with Gasteiger partial charge in [-0.1, -0.05) is 29.8 Å². The molecule has 0 aliphatic heterocycles. The maximum Gasteiger partial charge on any atom is 0.357 e. The summed E-state index contributed by atoms with van der Waals surface area (Å²) in [5.74, 6) is -1.57. The van der Waals surface area contributed by atoms with E-state index in [9.17, 15) is 27.2 Å². The van der Waals surface area contributed by atoms with Gasteiger partial charge in [-0.2, -0.15) is 10.2 Å². The Morgan fingerprint density at radius 1 is 0.925 bits per heavy atom. The first-order chi connectivity index (χ1) is 19.1. The summed E-state index contributed by atoms with van der Waals surface area (Å²) in [6.45, 7) is -0.445. The Balaban J connectivity index is 1.93. The molecule has 0 bridgehead atoms. The smallest absolute Gasteiger partial charge is 0.357 e. The van der Waals surface area contributed by atoms with Crippen molar-refractivity contribution in [2.45, 2.75) is 19.4 Å². The molecule has 2 heterocycles. The molecule has 0 saturated carbocycles. The Hall–Kier alpha value is -4.39. The predicted octanol–water partition coefficient (Wildman–Crippen LogP) is 5.89. The Bertz CT molecular complexity index is 1560. The lowest BCUT2D eigenvalue weighted by Gasteiger charge is -2.13. The molecule has 4 aromatic rings. The minimum Gasteiger partial charge on any atom is -0.496 e. The third kappa shape index (κ3) is 5.24. The summed E-state index contributed by atoms with van der Waals surface area (Å²) < 4.78 is 71.3. The van der Waals surface area contributed by atoms with Crippen molar-refractivity contribution in [1.29, 1.82) is 0 Å². The molecule has 0 N–H and O–H groups in total. The van der Waals surface area contributed by atoms with E-state index in [0.29, 0.717) is 10.4 Å². The molecule has 0 fully saturated rings. The van der Waals surface area contributed by atoms with Crippen molar-refractivity contribution in [3.63, 3.8) is 0 Å². The van der Waals surface area contributed by atoms with Gasteiger partial charge in [-0.3, -0.25) is 4.68 Å². The predicted molar refractivity (Wildman–Crippen MR) is 134 cm³/mol. The fourth-order valence-corrected chi connectivity index (χ4v) is 4.41. The van der Waals surface area contributed by atoms with Gasteiger partial charge in [0.05, 0.1) is 38.6 Å². The van der Waals surface area contributed by atoms with Crippen molar-refractivity contribution in [1.82, 2.24) is 19.6 Å². The monoisotopic (exact) mass is 580 g/mol. The van der Waals surface area contributed by atoms with Gasteiger partial charge in [0, 0.05) is 11.1 Å². The number of halogens is 5. The molecule has 40 heavy (non-hydrogen) atoms. The Morgan fingerprint density at radius 2 is 1.60 bits per heavy atom. The first kappa shape index (κ1) is 28.6. The highest BCUT2D eigenvalue weighted by Crippen LogP contribution is 2.37.